The van der Waals surface area contributed by atoms with E-state index in [2.05, 4.69) is 501 Å². The van der Waals surface area contributed by atoms with Crippen LogP contribution in [0.25, 0.3) is 232 Å². The maximum absolute atomic E-state index is 2.46. The van der Waals surface area contributed by atoms with Gasteiger partial charge in [-0.3, -0.25) is 0 Å². The lowest BCUT2D eigenvalue weighted by molar-refractivity contribution is 1.17. The number of hydrogen-bond acceptors (Lipinski definition) is 0. The molecule has 20 aromatic carbocycles. The molecule has 6 heteroatoms. The molecule has 0 aliphatic rings. The van der Waals surface area contributed by atoms with Gasteiger partial charge in [0.25, 0.3) is 0 Å². The summed E-state index contributed by atoms with van der Waals surface area (Å²) in [6.45, 7) is 0. The Balaban J connectivity index is 0.000000137. The predicted molar refractivity (Wildman–Crippen MR) is 532 cm³/mol. The van der Waals surface area contributed by atoms with Gasteiger partial charge in [-0.15, -0.1) is 0 Å². The molecule has 26 aromatic rings. The minimum atomic E-state index is 1.14. The smallest absolute Gasteiger partial charge is 0.0548 e. The molecule has 126 heavy (non-hydrogen) atoms. The van der Waals surface area contributed by atoms with Gasteiger partial charge in [0.1, 0.15) is 0 Å². The summed E-state index contributed by atoms with van der Waals surface area (Å²) in [5.41, 5.74) is 35.7. The molecular formula is C120H78N6. The van der Waals surface area contributed by atoms with Crippen molar-refractivity contribution in [3.05, 3.63) is 473 Å². The Morgan fingerprint density at radius 1 is 0.0952 bits per heavy atom. The summed E-state index contributed by atoms with van der Waals surface area (Å²) < 4.78 is 14.6. The molecule has 0 amide bonds. The van der Waals surface area contributed by atoms with Crippen molar-refractivity contribution in [2.24, 2.45) is 0 Å². The molecule has 0 radical (unpaired) electrons. The van der Waals surface area contributed by atoms with Gasteiger partial charge in [0.2, 0.25) is 0 Å². The number of aromatic nitrogens is 6. The van der Waals surface area contributed by atoms with Crippen molar-refractivity contribution < 1.29 is 0 Å². The molecule has 0 N–H and O–H groups in total. The van der Waals surface area contributed by atoms with E-state index in [1.807, 2.05) is 0 Å². The van der Waals surface area contributed by atoms with Crippen LogP contribution in [0.3, 0.4) is 0 Å². The van der Waals surface area contributed by atoms with Gasteiger partial charge in [-0.2, -0.15) is 0 Å². The number of hydrogen-bond donors (Lipinski definition) is 0. The lowest BCUT2D eigenvalue weighted by atomic mass is 9.99. The molecule has 6 heterocycles. The van der Waals surface area contributed by atoms with Gasteiger partial charge >= 0.3 is 0 Å². The zero-order chi connectivity index (χ0) is 82.9. The van der Waals surface area contributed by atoms with Crippen LogP contribution in [0.2, 0.25) is 0 Å². The van der Waals surface area contributed by atoms with Crippen molar-refractivity contribution in [1.29, 1.82) is 0 Å². The minimum absolute atomic E-state index is 1.14. The fraction of sp³-hybridized carbons (Fsp3) is 0. The lowest BCUT2D eigenvalue weighted by Crippen LogP contribution is -1.95. The van der Waals surface area contributed by atoms with Crippen LogP contribution in [-0.2, 0) is 0 Å². The van der Waals surface area contributed by atoms with Gasteiger partial charge in [-0.05, 0) is 237 Å². The van der Waals surface area contributed by atoms with Gasteiger partial charge < -0.3 is 27.4 Å². The monoisotopic (exact) mass is 1600 g/mol. The van der Waals surface area contributed by atoms with Gasteiger partial charge in [0, 0.05) is 98.8 Å². The maximum Gasteiger partial charge on any atom is 0.0548 e. The summed E-state index contributed by atoms with van der Waals surface area (Å²) >= 11 is 0. The third-order valence-corrected chi connectivity index (χ3v) is 26.1. The number of nitrogens with zero attached hydrogens (tertiary/aromatic N) is 6. The molecule has 0 unspecified atom stereocenters. The van der Waals surface area contributed by atoms with Crippen LogP contribution in [0.1, 0.15) is 0 Å². The quantitative estimate of drug-likeness (QED) is 0.117. The van der Waals surface area contributed by atoms with Gasteiger partial charge in [-0.1, -0.05) is 303 Å². The van der Waals surface area contributed by atoms with Crippen molar-refractivity contribution in [1.82, 2.24) is 27.4 Å². The van der Waals surface area contributed by atoms with Crippen molar-refractivity contribution >= 4 is 131 Å². The van der Waals surface area contributed by atoms with Gasteiger partial charge in [0.15, 0.2) is 0 Å². The van der Waals surface area contributed by atoms with Crippen LogP contribution in [0.15, 0.2) is 473 Å². The normalized spacial score (nSPS) is 11.8. The molecule has 0 bridgehead atoms. The summed E-state index contributed by atoms with van der Waals surface area (Å²) in [6, 6.07) is 173. The van der Waals surface area contributed by atoms with Gasteiger partial charge in [-0.25, -0.2) is 0 Å². The third-order valence-electron chi connectivity index (χ3n) is 26.1. The molecular weight excluding hydrogens is 1530 g/mol. The molecule has 0 aliphatic carbocycles. The van der Waals surface area contributed by atoms with Crippen LogP contribution in [0.5, 0.6) is 0 Å². The molecule has 0 saturated heterocycles. The van der Waals surface area contributed by atoms with Crippen molar-refractivity contribution in [3.63, 3.8) is 0 Å². The first kappa shape index (κ1) is 72.1. The van der Waals surface area contributed by atoms with E-state index >= 15 is 0 Å². The molecule has 6 aromatic heterocycles. The van der Waals surface area contributed by atoms with Crippen LogP contribution in [0, 0.1) is 0 Å². The zero-order valence-electron chi connectivity index (χ0n) is 68.7. The van der Waals surface area contributed by atoms with Crippen LogP contribution < -0.4 is 0 Å². The number of benzene rings is 20. The maximum atomic E-state index is 2.46. The fourth-order valence-electron chi connectivity index (χ4n) is 20.3. The van der Waals surface area contributed by atoms with E-state index in [0.717, 1.165) is 34.1 Å². The molecule has 588 valence electrons. The highest BCUT2D eigenvalue weighted by molar-refractivity contribution is 6.30. The summed E-state index contributed by atoms with van der Waals surface area (Å²) in [7, 11) is 0. The zero-order valence-corrected chi connectivity index (χ0v) is 68.7. The van der Waals surface area contributed by atoms with Gasteiger partial charge in [0.05, 0.1) is 66.2 Å². The summed E-state index contributed by atoms with van der Waals surface area (Å²) in [4.78, 5) is 0. The third kappa shape index (κ3) is 11.8. The van der Waals surface area contributed by atoms with E-state index in [1.54, 1.807) is 0 Å². The topological polar surface area (TPSA) is 29.6 Å². The fourth-order valence-corrected chi connectivity index (χ4v) is 20.3. The second-order valence-corrected chi connectivity index (χ2v) is 33.1. The molecule has 0 fully saturated rings. The van der Waals surface area contributed by atoms with Crippen molar-refractivity contribution in [2.45, 2.75) is 0 Å². The van der Waals surface area contributed by atoms with E-state index in [1.165, 1.54) is 198 Å². The Morgan fingerprint density at radius 3 is 0.603 bits per heavy atom. The first-order chi connectivity index (χ1) is 62.5. The van der Waals surface area contributed by atoms with Crippen molar-refractivity contribution in [2.75, 3.05) is 0 Å². The van der Waals surface area contributed by atoms with Crippen LogP contribution in [-0.4, -0.2) is 27.4 Å². The molecule has 0 atom stereocenters. The Kier molecular flexibility index (Phi) is 16.9. The summed E-state index contributed by atoms with van der Waals surface area (Å²) in [6.07, 6.45) is 0. The second kappa shape index (κ2) is 29.5. The standard InChI is InChI=1S/2C60H39N3/c1-4-14-40(15-5-1)42-24-30-47(31-25-42)61-55-22-12-10-20-49(55)51-36-44(28-34-57(51)61)45-29-35-58-52(37-45)54-39-59-53(50-21-11-13-23-56(50)62(59)46-18-8-3-9-19-46)38-60(54)63(58)48-32-26-43(27-33-48)41-16-6-2-7-17-41;1-4-14-40(15-5-1)42-24-30-47(31-25-42)61-53-22-12-10-20-49(53)51-38-44(28-34-55(51)61)45-29-35-56-52(39-45)60-58(63(56)48-32-26-43(27-33-48)41-16-6-2-7-17-41)37-36-57-59(60)50-21-11-13-23-54(50)62(57)46-18-8-3-9-19-46/h2*1-39H. The first-order valence-electron chi connectivity index (χ1n) is 43.4. The second-order valence-electron chi connectivity index (χ2n) is 33.1. The highest BCUT2D eigenvalue weighted by atomic mass is 15.0. The first-order valence-corrected chi connectivity index (χ1v) is 43.4. The number of para-hydroxylation sites is 6. The molecule has 0 saturated carbocycles. The number of fused-ring (bicyclic) bond motifs is 19. The average Bonchev–Trinajstić information content (AvgIpc) is 1.54. The highest BCUT2D eigenvalue weighted by Crippen LogP contribution is 2.48. The highest BCUT2D eigenvalue weighted by Gasteiger charge is 2.25. The molecule has 0 spiro atoms. The minimum Gasteiger partial charge on any atom is -0.309 e. The lowest BCUT2D eigenvalue weighted by Gasteiger charge is -2.11. The van der Waals surface area contributed by atoms with E-state index in [9.17, 15) is 0 Å². The van der Waals surface area contributed by atoms with Crippen LogP contribution in [0.4, 0.5) is 0 Å². The van der Waals surface area contributed by atoms with Crippen LogP contribution >= 0.6 is 0 Å². The SMILES string of the molecule is c1ccc(-c2ccc(-n3c4ccccc4c4cc(-c5ccc6c(c5)c5c7c8ccccc8n(-c8ccccc8)c7ccc5n6-c5ccc(-c6ccccc6)cc5)ccc43)cc2)cc1.c1ccc(-c2ccc(-n3c4ccccc4c4cc(-c5ccc6c(c5)c5cc7c(cc5n6-c5ccc(-c6ccccc6)cc5)c5ccccc5n7-c5ccccc5)ccc43)cc2)cc1. The van der Waals surface area contributed by atoms with E-state index < -0.39 is 0 Å². The van der Waals surface area contributed by atoms with E-state index in [4.69, 9.17) is 0 Å². The largest absolute Gasteiger partial charge is 0.309 e. The van der Waals surface area contributed by atoms with E-state index in [0.29, 0.717) is 0 Å². The Morgan fingerprint density at radius 2 is 0.278 bits per heavy atom. The molecule has 6 nitrogen and oxygen atoms in total. The van der Waals surface area contributed by atoms with E-state index in [-0.39, 0.29) is 0 Å². The Bertz CT molecular complexity index is 8610. The molecule has 26 rings (SSSR count). The number of rotatable bonds is 12. The Hall–Kier alpha value is -16.8. The predicted octanol–water partition coefficient (Wildman–Crippen LogP) is 32.0. The average molecular weight is 1600 g/mol. The van der Waals surface area contributed by atoms with Crippen molar-refractivity contribution in [3.8, 4) is 101 Å². The Labute approximate surface area is 727 Å². The summed E-state index contributed by atoms with van der Waals surface area (Å²) in [5.74, 6) is 0. The molecule has 0 aliphatic heterocycles. The summed E-state index contributed by atoms with van der Waals surface area (Å²) in [5, 5.41) is 14.9.